The van der Waals surface area contributed by atoms with Crippen LogP contribution in [0.4, 0.5) is 0 Å². The molecule has 0 unspecified atom stereocenters. The molecule has 6 heteroatoms. The van der Waals surface area contributed by atoms with Gasteiger partial charge in [-0.1, -0.05) is 22.0 Å². The van der Waals surface area contributed by atoms with Gasteiger partial charge in [0.25, 0.3) is 5.56 Å². The minimum Gasteiger partial charge on any atom is -0.310 e. The van der Waals surface area contributed by atoms with Gasteiger partial charge < -0.3 is 4.98 Å². The van der Waals surface area contributed by atoms with Crippen LogP contribution in [0.5, 0.6) is 0 Å². The molecule has 1 N–H and O–H groups in total. The van der Waals surface area contributed by atoms with Gasteiger partial charge in [-0.2, -0.15) is 11.8 Å². The normalized spacial score (nSPS) is 13.5. The predicted molar refractivity (Wildman–Crippen MR) is 83.6 cm³/mol. The molecular weight excluding hydrogens is 344 g/mol. The highest BCUT2D eigenvalue weighted by Crippen LogP contribution is 2.27. The first-order valence-corrected chi connectivity index (χ1v) is 8.73. The SMILES string of the molecule is O=c1[nH]c(CSc2cccc(Br)c2)nc2c1CSC2. The summed E-state index contributed by atoms with van der Waals surface area (Å²) in [5.74, 6) is 3.09. The van der Waals surface area contributed by atoms with Crippen molar-refractivity contribution in [3.63, 3.8) is 0 Å². The maximum absolute atomic E-state index is 11.9. The fraction of sp³-hybridized carbons (Fsp3) is 0.231. The molecule has 0 atom stereocenters. The molecule has 3 rings (SSSR count). The van der Waals surface area contributed by atoms with Gasteiger partial charge >= 0.3 is 0 Å². The Hall–Kier alpha value is -0.720. The maximum atomic E-state index is 11.9. The van der Waals surface area contributed by atoms with E-state index in [1.54, 1.807) is 23.5 Å². The number of aromatic nitrogens is 2. The number of aromatic amines is 1. The number of fused-ring (bicyclic) bond motifs is 1. The minimum atomic E-state index is 0.0276. The quantitative estimate of drug-likeness (QED) is 0.855. The topological polar surface area (TPSA) is 45.8 Å². The molecule has 0 aliphatic carbocycles. The summed E-state index contributed by atoms with van der Waals surface area (Å²) in [5, 5.41) is 0. The second-order valence-corrected chi connectivity index (χ2v) is 7.13. The lowest BCUT2D eigenvalue weighted by atomic mass is 10.3. The molecule has 0 amide bonds. The summed E-state index contributed by atoms with van der Waals surface area (Å²) in [6.07, 6.45) is 0. The fourth-order valence-corrected chi connectivity index (χ4v) is 4.30. The number of H-pyrrole nitrogens is 1. The van der Waals surface area contributed by atoms with Crippen molar-refractivity contribution in [3.8, 4) is 0 Å². The van der Waals surface area contributed by atoms with E-state index in [9.17, 15) is 4.79 Å². The van der Waals surface area contributed by atoms with Crippen molar-refractivity contribution < 1.29 is 0 Å². The van der Waals surface area contributed by atoms with E-state index in [-0.39, 0.29) is 5.56 Å². The first-order chi connectivity index (χ1) is 9.22. The van der Waals surface area contributed by atoms with E-state index in [2.05, 4.69) is 38.0 Å². The van der Waals surface area contributed by atoms with Crippen LogP contribution >= 0.6 is 39.5 Å². The van der Waals surface area contributed by atoms with Gasteiger partial charge in [0.15, 0.2) is 0 Å². The number of thioether (sulfide) groups is 2. The van der Waals surface area contributed by atoms with Crippen molar-refractivity contribution >= 4 is 39.5 Å². The van der Waals surface area contributed by atoms with Crippen molar-refractivity contribution in [2.75, 3.05) is 0 Å². The molecule has 98 valence electrons. The molecular formula is C13H11BrN2OS2. The van der Waals surface area contributed by atoms with Gasteiger partial charge in [0.05, 0.1) is 11.4 Å². The molecule has 2 heterocycles. The van der Waals surface area contributed by atoms with Crippen molar-refractivity contribution in [1.82, 2.24) is 9.97 Å². The Morgan fingerprint density at radius 2 is 2.32 bits per heavy atom. The van der Waals surface area contributed by atoms with Gasteiger partial charge in [-0.05, 0) is 18.2 Å². The monoisotopic (exact) mass is 354 g/mol. The van der Waals surface area contributed by atoms with E-state index >= 15 is 0 Å². The minimum absolute atomic E-state index is 0.0276. The molecule has 0 spiro atoms. The van der Waals surface area contributed by atoms with E-state index in [0.717, 1.165) is 38.0 Å². The van der Waals surface area contributed by atoms with E-state index in [1.807, 2.05) is 12.1 Å². The predicted octanol–water partition coefficient (Wildman–Crippen LogP) is 3.57. The summed E-state index contributed by atoms with van der Waals surface area (Å²) in [5.41, 5.74) is 1.83. The Morgan fingerprint density at radius 3 is 3.16 bits per heavy atom. The molecule has 0 fully saturated rings. The maximum Gasteiger partial charge on any atom is 0.255 e. The van der Waals surface area contributed by atoms with Crippen LogP contribution in [0.2, 0.25) is 0 Å². The Balaban J connectivity index is 1.77. The van der Waals surface area contributed by atoms with Gasteiger partial charge in [-0.25, -0.2) is 4.98 Å². The summed E-state index contributed by atoms with van der Waals surface area (Å²) < 4.78 is 1.06. The van der Waals surface area contributed by atoms with Crippen molar-refractivity contribution in [3.05, 3.63) is 56.2 Å². The number of rotatable bonds is 3. The average Bonchev–Trinajstić information content (AvgIpc) is 2.85. The highest BCUT2D eigenvalue weighted by atomic mass is 79.9. The first kappa shape index (κ1) is 13.3. The Kier molecular flexibility index (Phi) is 4.00. The third kappa shape index (κ3) is 3.07. The molecule has 0 bridgehead atoms. The second kappa shape index (κ2) is 5.73. The number of benzene rings is 1. The number of nitrogens with one attached hydrogen (secondary N) is 1. The highest BCUT2D eigenvalue weighted by molar-refractivity contribution is 9.10. The molecule has 1 aromatic heterocycles. The molecule has 0 saturated carbocycles. The molecule has 2 aromatic rings. The van der Waals surface area contributed by atoms with Gasteiger partial charge in [-0.15, -0.1) is 11.8 Å². The first-order valence-electron chi connectivity index (χ1n) is 5.79. The summed E-state index contributed by atoms with van der Waals surface area (Å²) in [4.78, 5) is 20.5. The van der Waals surface area contributed by atoms with Crippen LogP contribution in [0, 0.1) is 0 Å². The molecule has 3 nitrogen and oxygen atoms in total. The summed E-state index contributed by atoms with van der Waals surface area (Å²) in [6, 6.07) is 8.11. The number of hydrogen-bond donors (Lipinski definition) is 1. The van der Waals surface area contributed by atoms with Crippen molar-refractivity contribution in [2.24, 2.45) is 0 Å². The molecule has 0 saturated heterocycles. The van der Waals surface area contributed by atoms with Crippen LogP contribution in [-0.4, -0.2) is 9.97 Å². The van der Waals surface area contributed by atoms with Gasteiger partial charge in [0, 0.05) is 26.4 Å². The molecule has 19 heavy (non-hydrogen) atoms. The van der Waals surface area contributed by atoms with Crippen LogP contribution in [0.1, 0.15) is 17.1 Å². The Bertz CT molecular complexity index is 672. The van der Waals surface area contributed by atoms with Crippen molar-refractivity contribution in [2.45, 2.75) is 22.2 Å². The van der Waals surface area contributed by atoms with E-state index < -0.39 is 0 Å². The molecule has 1 aliphatic rings. The summed E-state index contributed by atoms with van der Waals surface area (Å²) in [7, 11) is 0. The third-order valence-corrected chi connectivity index (χ3v) is 5.28. The van der Waals surface area contributed by atoms with Crippen LogP contribution in [0.25, 0.3) is 0 Å². The molecule has 1 aliphatic heterocycles. The van der Waals surface area contributed by atoms with E-state index in [1.165, 1.54) is 0 Å². The van der Waals surface area contributed by atoms with Gasteiger partial charge in [-0.3, -0.25) is 4.79 Å². The second-order valence-electron chi connectivity index (χ2n) is 4.18. The van der Waals surface area contributed by atoms with Crippen LogP contribution < -0.4 is 5.56 Å². The van der Waals surface area contributed by atoms with Crippen LogP contribution in [0.15, 0.2) is 38.4 Å². The Morgan fingerprint density at radius 1 is 1.42 bits per heavy atom. The zero-order valence-electron chi connectivity index (χ0n) is 9.98. The van der Waals surface area contributed by atoms with Gasteiger partial charge in [0.2, 0.25) is 0 Å². The number of nitrogens with zero attached hydrogens (tertiary/aromatic N) is 1. The van der Waals surface area contributed by atoms with Gasteiger partial charge in [0.1, 0.15) is 5.82 Å². The lowest BCUT2D eigenvalue weighted by molar-refractivity contribution is 0.943. The summed E-state index contributed by atoms with van der Waals surface area (Å²) >= 11 is 6.87. The molecule has 1 aromatic carbocycles. The average molecular weight is 355 g/mol. The zero-order valence-corrected chi connectivity index (χ0v) is 13.2. The standard InChI is InChI=1S/C13H11BrN2OS2/c14-8-2-1-3-9(4-8)19-7-12-15-11-6-18-5-10(11)13(17)16-12/h1-4H,5-7H2,(H,15,16,17). The lowest BCUT2D eigenvalue weighted by Gasteiger charge is -2.04. The van der Waals surface area contributed by atoms with Crippen LogP contribution in [0.3, 0.4) is 0 Å². The third-order valence-electron chi connectivity index (χ3n) is 2.81. The van der Waals surface area contributed by atoms with Crippen molar-refractivity contribution in [1.29, 1.82) is 0 Å². The van der Waals surface area contributed by atoms with E-state index in [4.69, 9.17) is 0 Å². The lowest BCUT2D eigenvalue weighted by Crippen LogP contribution is -2.16. The molecule has 0 radical (unpaired) electrons. The Labute approximate surface area is 127 Å². The summed E-state index contributed by atoms with van der Waals surface area (Å²) in [6.45, 7) is 0. The van der Waals surface area contributed by atoms with Crippen LogP contribution in [-0.2, 0) is 17.3 Å². The number of hydrogen-bond acceptors (Lipinski definition) is 4. The number of halogens is 1. The van der Waals surface area contributed by atoms with E-state index in [0.29, 0.717) is 5.75 Å². The smallest absolute Gasteiger partial charge is 0.255 e. The highest BCUT2D eigenvalue weighted by Gasteiger charge is 2.17. The zero-order chi connectivity index (χ0) is 13.2. The largest absolute Gasteiger partial charge is 0.310 e. The fourth-order valence-electron chi connectivity index (χ4n) is 1.89.